The summed E-state index contributed by atoms with van der Waals surface area (Å²) in [7, 11) is -0.749. The van der Waals surface area contributed by atoms with E-state index < -0.39 is 10.8 Å². The predicted molar refractivity (Wildman–Crippen MR) is 74.4 cm³/mol. The quantitative estimate of drug-likeness (QED) is 0.893. The highest BCUT2D eigenvalue weighted by Crippen LogP contribution is 2.11. The highest BCUT2D eigenvalue weighted by atomic mass is 32.2. The zero-order valence-electron chi connectivity index (χ0n) is 10.9. The molecule has 2 heterocycles. The molecule has 0 radical (unpaired) electrons. The molecular formula is C12H18N4OS. The largest absolute Gasteiger partial charge is 0.350 e. The monoisotopic (exact) mass is 266 g/mol. The van der Waals surface area contributed by atoms with Gasteiger partial charge in [-0.1, -0.05) is 6.07 Å². The number of aromatic nitrogens is 3. The zero-order valence-corrected chi connectivity index (χ0v) is 11.7. The minimum absolute atomic E-state index is 0.214. The summed E-state index contributed by atoms with van der Waals surface area (Å²) in [5, 5.41) is 7.60. The Kier molecular flexibility index (Phi) is 3.96. The third-order valence-electron chi connectivity index (χ3n) is 2.77. The van der Waals surface area contributed by atoms with Crippen molar-refractivity contribution in [2.75, 3.05) is 17.3 Å². The van der Waals surface area contributed by atoms with Crippen molar-refractivity contribution in [3.63, 3.8) is 0 Å². The van der Waals surface area contributed by atoms with E-state index in [-0.39, 0.29) is 6.04 Å². The number of pyridine rings is 1. The van der Waals surface area contributed by atoms with Crippen LogP contribution in [0.5, 0.6) is 0 Å². The van der Waals surface area contributed by atoms with E-state index >= 15 is 0 Å². The van der Waals surface area contributed by atoms with Crippen molar-refractivity contribution < 1.29 is 4.21 Å². The summed E-state index contributed by atoms with van der Waals surface area (Å²) >= 11 is 0. The minimum atomic E-state index is -0.749. The normalized spacial score (nSPS) is 14.6. The molecule has 2 unspecified atom stereocenters. The maximum absolute atomic E-state index is 11.0. The van der Waals surface area contributed by atoms with E-state index in [9.17, 15) is 4.21 Å². The molecule has 2 atom stereocenters. The van der Waals surface area contributed by atoms with E-state index in [2.05, 4.69) is 15.4 Å². The average Bonchev–Trinajstić information content (AvgIpc) is 2.70. The van der Waals surface area contributed by atoms with Gasteiger partial charge in [-0.25, -0.2) is 4.52 Å². The van der Waals surface area contributed by atoms with Crippen molar-refractivity contribution in [3.05, 3.63) is 23.9 Å². The van der Waals surface area contributed by atoms with Crippen LogP contribution < -0.4 is 5.32 Å². The first kappa shape index (κ1) is 13.0. The SMILES string of the molecule is Cc1cccn2nc(NC(C)CCS(C)=O)nc12. The second-order valence-electron chi connectivity index (χ2n) is 4.51. The second kappa shape index (κ2) is 5.48. The molecule has 6 heteroatoms. The van der Waals surface area contributed by atoms with Crippen LogP contribution in [0.1, 0.15) is 18.9 Å². The summed E-state index contributed by atoms with van der Waals surface area (Å²) in [6, 6.07) is 4.17. The number of nitrogens with one attached hydrogen (secondary N) is 1. The van der Waals surface area contributed by atoms with E-state index in [0.717, 1.165) is 17.6 Å². The van der Waals surface area contributed by atoms with Gasteiger partial charge in [0.2, 0.25) is 5.95 Å². The molecule has 2 rings (SSSR count). The molecular weight excluding hydrogens is 248 g/mol. The molecule has 1 N–H and O–H groups in total. The summed E-state index contributed by atoms with van der Waals surface area (Å²) in [5.41, 5.74) is 1.96. The summed E-state index contributed by atoms with van der Waals surface area (Å²) in [6.45, 7) is 4.06. The number of aryl methyl sites for hydroxylation is 1. The third kappa shape index (κ3) is 3.07. The smallest absolute Gasteiger partial charge is 0.243 e. The number of hydrogen-bond donors (Lipinski definition) is 1. The van der Waals surface area contributed by atoms with Gasteiger partial charge in [0.25, 0.3) is 0 Å². The number of anilines is 1. The Morgan fingerprint density at radius 1 is 1.56 bits per heavy atom. The molecule has 5 nitrogen and oxygen atoms in total. The minimum Gasteiger partial charge on any atom is -0.350 e. The van der Waals surface area contributed by atoms with Crippen molar-refractivity contribution in [2.45, 2.75) is 26.3 Å². The Morgan fingerprint density at radius 3 is 3.00 bits per heavy atom. The van der Waals surface area contributed by atoms with Gasteiger partial charge in [0.1, 0.15) is 0 Å². The molecule has 0 aromatic carbocycles. The fraction of sp³-hybridized carbons (Fsp3) is 0.500. The van der Waals surface area contributed by atoms with Crippen molar-refractivity contribution in [3.8, 4) is 0 Å². The van der Waals surface area contributed by atoms with E-state index in [1.165, 1.54) is 0 Å². The van der Waals surface area contributed by atoms with Crippen LogP contribution in [0, 0.1) is 6.92 Å². The van der Waals surface area contributed by atoms with Gasteiger partial charge in [-0.2, -0.15) is 4.98 Å². The predicted octanol–water partition coefficient (Wildman–Crippen LogP) is 1.61. The molecule has 0 saturated heterocycles. The first-order valence-corrected chi connectivity index (χ1v) is 7.67. The van der Waals surface area contributed by atoms with Gasteiger partial charge in [0.15, 0.2) is 5.65 Å². The zero-order chi connectivity index (χ0) is 13.1. The first-order valence-electron chi connectivity index (χ1n) is 5.95. The molecule has 0 aliphatic heterocycles. The van der Waals surface area contributed by atoms with Crippen molar-refractivity contribution in [1.29, 1.82) is 0 Å². The van der Waals surface area contributed by atoms with E-state index in [1.54, 1.807) is 10.8 Å². The summed E-state index contributed by atoms with van der Waals surface area (Å²) in [5.74, 6) is 1.32. The molecule has 98 valence electrons. The van der Waals surface area contributed by atoms with Crippen LogP contribution in [0.3, 0.4) is 0 Å². The maximum atomic E-state index is 11.0. The third-order valence-corrected chi connectivity index (χ3v) is 3.58. The van der Waals surface area contributed by atoms with Crippen molar-refractivity contribution >= 4 is 22.4 Å². The van der Waals surface area contributed by atoms with Crippen molar-refractivity contribution in [1.82, 2.24) is 14.6 Å². The maximum Gasteiger partial charge on any atom is 0.243 e. The van der Waals surface area contributed by atoms with Crippen LogP contribution in [-0.4, -0.2) is 36.9 Å². The van der Waals surface area contributed by atoms with Gasteiger partial charge in [-0.05, 0) is 31.9 Å². The van der Waals surface area contributed by atoms with Crippen LogP contribution in [-0.2, 0) is 10.8 Å². The Hall–Kier alpha value is -1.43. The summed E-state index contributed by atoms with van der Waals surface area (Å²) in [6.07, 6.45) is 4.45. The summed E-state index contributed by atoms with van der Waals surface area (Å²) < 4.78 is 12.8. The topological polar surface area (TPSA) is 59.3 Å². The lowest BCUT2D eigenvalue weighted by Gasteiger charge is -2.10. The lowest BCUT2D eigenvalue weighted by Crippen LogP contribution is -2.18. The highest BCUT2D eigenvalue weighted by Gasteiger charge is 2.08. The van der Waals surface area contributed by atoms with Gasteiger partial charge in [-0.3, -0.25) is 4.21 Å². The fourth-order valence-electron chi connectivity index (χ4n) is 1.74. The summed E-state index contributed by atoms with van der Waals surface area (Å²) in [4.78, 5) is 4.44. The number of hydrogen-bond acceptors (Lipinski definition) is 4. The number of rotatable bonds is 5. The number of fused-ring (bicyclic) bond motifs is 1. The van der Waals surface area contributed by atoms with Gasteiger partial charge in [0, 0.05) is 35.0 Å². The lowest BCUT2D eigenvalue weighted by molar-refractivity contribution is 0.677. The highest BCUT2D eigenvalue weighted by molar-refractivity contribution is 7.84. The fourth-order valence-corrected chi connectivity index (χ4v) is 2.42. The number of nitrogens with zero attached hydrogens (tertiary/aromatic N) is 3. The Bertz CT molecular complexity index is 566. The molecule has 0 saturated carbocycles. The van der Waals surface area contributed by atoms with Crippen LogP contribution >= 0.6 is 0 Å². The van der Waals surface area contributed by atoms with E-state index in [0.29, 0.717) is 11.7 Å². The van der Waals surface area contributed by atoms with Crippen LogP contribution in [0.25, 0.3) is 5.65 Å². The molecule has 0 amide bonds. The molecule has 2 aromatic rings. The van der Waals surface area contributed by atoms with Crippen LogP contribution in [0.2, 0.25) is 0 Å². The Morgan fingerprint density at radius 2 is 2.33 bits per heavy atom. The second-order valence-corrected chi connectivity index (χ2v) is 6.06. The molecule has 0 bridgehead atoms. The van der Waals surface area contributed by atoms with E-state index in [4.69, 9.17) is 0 Å². The molecule has 0 spiro atoms. The lowest BCUT2D eigenvalue weighted by atomic mass is 10.3. The van der Waals surface area contributed by atoms with Gasteiger partial charge < -0.3 is 5.32 Å². The van der Waals surface area contributed by atoms with Crippen LogP contribution in [0.4, 0.5) is 5.95 Å². The molecule has 0 aliphatic carbocycles. The van der Waals surface area contributed by atoms with Crippen molar-refractivity contribution in [2.24, 2.45) is 0 Å². The Balaban J connectivity index is 2.08. The molecule has 2 aromatic heterocycles. The molecule has 0 aliphatic rings. The average molecular weight is 266 g/mol. The van der Waals surface area contributed by atoms with E-state index in [1.807, 2.05) is 32.2 Å². The van der Waals surface area contributed by atoms with Crippen LogP contribution in [0.15, 0.2) is 18.3 Å². The van der Waals surface area contributed by atoms with Gasteiger partial charge in [-0.15, -0.1) is 5.10 Å². The molecule has 0 fully saturated rings. The first-order chi connectivity index (χ1) is 8.56. The van der Waals surface area contributed by atoms with Gasteiger partial charge in [0.05, 0.1) is 0 Å². The Labute approximate surface area is 109 Å². The molecule has 18 heavy (non-hydrogen) atoms. The van der Waals surface area contributed by atoms with Gasteiger partial charge >= 0.3 is 0 Å². The standard InChI is InChI=1S/C12H18N4OS/c1-9-5-4-7-16-11(9)14-12(15-16)13-10(2)6-8-18(3)17/h4-5,7,10H,6,8H2,1-3H3,(H,13,15).